The molecule has 0 radical (unpaired) electrons. The molecule has 0 fully saturated rings. The van der Waals surface area contributed by atoms with E-state index in [2.05, 4.69) is 52.3 Å². The lowest BCUT2D eigenvalue weighted by Crippen LogP contribution is -2.06. The van der Waals surface area contributed by atoms with Gasteiger partial charge < -0.3 is 10.6 Å². The van der Waals surface area contributed by atoms with Gasteiger partial charge in [0.1, 0.15) is 5.82 Å². The van der Waals surface area contributed by atoms with Crippen LogP contribution in [0.4, 0.5) is 17.5 Å². The van der Waals surface area contributed by atoms with E-state index >= 15 is 0 Å². The summed E-state index contributed by atoms with van der Waals surface area (Å²) in [6, 6.07) is 20.3. The molecule has 1 aromatic heterocycles. The maximum atomic E-state index is 4.62. The maximum absolute atomic E-state index is 4.62. The van der Waals surface area contributed by atoms with Crippen molar-refractivity contribution >= 4 is 17.5 Å². The molecule has 4 heteroatoms. The molecule has 25 heavy (non-hydrogen) atoms. The second kappa shape index (κ2) is 8.11. The molecule has 0 amide bonds. The number of para-hydroxylation sites is 1. The lowest BCUT2D eigenvalue weighted by molar-refractivity contribution is 1.11. The van der Waals surface area contributed by atoms with E-state index in [1.165, 1.54) is 5.56 Å². The number of aryl methyl sites for hydroxylation is 1. The van der Waals surface area contributed by atoms with Crippen molar-refractivity contribution in [1.29, 1.82) is 0 Å². The number of nitrogens with one attached hydrogen (secondary N) is 2. The summed E-state index contributed by atoms with van der Waals surface area (Å²) in [5.41, 5.74) is 4.25. The number of hydrogen-bond donors (Lipinski definition) is 2. The maximum Gasteiger partial charge on any atom is 0.225 e. The van der Waals surface area contributed by atoms with Crippen LogP contribution in [0.1, 0.15) is 12.5 Å². The summed E-state index contributed by atoms with van der Waals surface area (Å²) in [4.78, 5) is 9.20. The van der Waals surface area contributed by atoms with Crippen molar-refractivity contribution < 1.29 is 0 Å². The minimum Gasteiger partial charge on any atom is -0.351 e. The van der Waals surface area contributed by atoms with Crippen LogP contribution in [0.5, 0.6) is 0 Å². The Hall–Kier alpha value is -3.14. The molecular formula is C21H22N4. The van der Waals surface area contributed by atoms with Crippen LogP contribution in [0.2, 0.25) is 0 Å². The minimum absolute atomic E-state index is 0.581. The average molecular weight is 330 g/mol. The Morgan fingerprint density at radius 2 is 1.76 bits per heavy atom. The van der Waals surface area contributed by atoms with Gasteiger partial charge in [0.15, 0.2) is 0 Å². The van der Waals surface area contributed by atoms with Crippen LogP contribution in [-0.2, 0) is 6.42 Å². The van der Waals surface area contributed by atoms with E-state index in [0.717, 1.165) is 29.2 Å². The highest BCUT2D eigenvalue weighted by atomic mass is 15.1. The third-order valence-corrected chi connectivity index (χ3v) is 3.86. The van der Waals surface area contributed by atoms with Gasteiger partial charge in [0.25, 0.3) is 0 Å². The second-order valence-electron chi connectivity index (χ2n) is 5.63. The SMILES string of the molecule is C=CCNc1nc(Nc2ccccc2CC)cc(-c2ccccc2)n1. The van der Waals surface area contributed by atoms with Gasteiger partial charge in [-0.2, -0.15) is 4.98 Å². The van der Waals surface area contributed by atoms with Crippen LogP contribution in [0.25, 0.3) is 11.3 Å². The molecule has 0 aliphatic heterocycles. The van der Waals surface area contributed by atoms with Crippen molar-refractivity contribution in [1.82, 2.24) is 9.97 Å². The first-order valence-corrected chi connectivity index (χ1v) is 8.44. The summed E-state index contributed by atoms with van der Waals surface area (Å²) in [5, 5.41) is 6.61. The van der Waals surface area contributed by atoms with Crippen LogP contribution in [0, 0.1) is 0 Å². The molecular weight excluding hydrogens is 308 g/mol. The van der Waals surface area contributed by atoms with Gasteiger partial charge in [0.2, 0.25) is 5.95 Å². The molecule has 126 valence electrons. The molecule has 0 aliphatic carbocycles. The van der Waals surface area contributed by atoms with E-state index in [9.17, 15) is 0 Å². The number of anilines is 3. The molecule has 3 rings (SSSR count). The Balaban J connectivity index is 1.98. The zero-order valence-electron chi connectivity index (χ0n) is 14.4. The molecule has 2 N–H and O–H groups in total. The average Bonchev–Trinajstić information content (AvgIpc) is 2.67. The van der Waals surface area contributed by atoms with Crippen LogP contribution < -0.4 is 10.6 Å². The Labute approximate surface area is 148 Å². The molecule has 1 heterocycles. The summed E-state index contributed by atoms with van der Waals surface area (Å²) < 4.78 is 0. The normalized spacial score (nSPS) is 10.3. The predicted molar refractivity (Wildman–Crippen MR) is 105 cm³/mol. The van der Waals surface area contributed by atoms with Crippen molar-refractivity contribution in [3.63, 3.8) is 0 Å². The fourth-order valence-electron chi connectivity index (χ4n) is 2.60. The minimum atomic E-state index is 0.581. The van der Waals surface area contributed by atoms with E-state index in [4.69, 9.17) is 0 Å². The molecule has 0 saturated carbocycles. The van der Waals surface area contributed by atoms with Crippen molar-refractivity contribution in [3.8, 4) is 11.3 Å². The van der Waals surface area contributed by atoms with E-state index < -0.39 is 0 Å². The summed E-state index contributed by atoms with van der Waals surface area (Å²) in [6.07, 6.45) is 2.75. The van der Waals surface area contributed by atoms with Gasteiger partial charge in [-0.1, -0.05) is 61.5 Å². The molecule has 0 spiro atoms. The first kappa shape index (κ1) is 16.7. The molecule has 0 atom stereocenters. The van der Waals surface area contributed by atoms with E-state index in [1.807, 2.05) is 42.5 Å². The first-order chi connectivity index (χ1) is 12.3. The number of benzene rings is 2. The van der Waals surface area contributed by atoms with E-state index in [-0.39, 0.29) is 0 Å². The van der Waals surface area contributed by atoms with Gasteiger partial charge >= 0.3 is 0 Å². The van der Waals surface area contributed by atoms with E-state index in [0.29, 0.717) is 12.5 Å². The monoisotopic (exact) mass is 330 g/mol. The molecule has 3 aromatic rings. The fourth-order valence-corrected chi connectivity index (χ4v) is 2.60. The quantitative estimate of drug-likeness (QED) is 0.595. The Bertz CT molecular complexity index is 844. The van der Waals surface area contributed by atoms with Gasteiger partial charge in [-0.05, 0) is 18.1 Å². The number of aromatic nitrogens is 2. The lowest BCUT2D eigenvalue weighted by Gasteiger charge is -2.13. The zero-order chi connectivity index (χ0) is 17.5. The zero-order valence-corrected chi connectivity index (χ0v) is 14.4. The first-order valence-electron chi connectivity index (χ1n) is 8.44. The molecule has 0 unspecified atom stereocenters. The lowest BCUT2D eigenvalue weighted by atomic mass is 10.1. The highest BCUT2D eigenvalue weighted by Gasteiger charge is 2.08. The van der Waals surface area contributed by atoms with Crippen molar-refractivity contribution in [3.05, 3.63) is 78.9 Å². The number of rotatable bonds is 7. The Morgan fingerprint density at radius 1 is 1.00 bits per heavy atom. The molecule has 0 bridgehead atoms. The van der Waals surface area contributed by atoms with Crippen LogP contribution in [0.15, 0.2) is 73.3 Å². The van der Waals surface area contributed by atoms with Crippen molar-refractivity contribution in [2.24, 2.45) is 0 Å². The standard InChI is InChI=1S/C21H22N4/c1-3-14-22-21-24-19(17-11-6-5-7-12-17)15-20(25-21)23-18-13-9-8-10-16(18)4-2/h3,5-13,15H,1,4,14H2,2H3,(H2,22,23,24,25). The van der Waals surface area contributed by atoms with E-state index in [1.54, 1.807) is 6.08 Å². The highest BCUT2D eigenvalue weighted by Crippen LogP contribution is 2.25. The van der Waals surface area contributed by atoms with Gasteiger partial charge in [0, 0.05) is 23.9 Å². The van der Waals surface area contributed by atoms with Gasteiger partial charge in [0.05, 0.1) is 5.69 Å². The number of hydrogen-bond acceptors (Lipinski definition) is 4. The second-order valence-corrected chi connectivity index (χ2v) is 5.63. The fraction of sp³-hybridized carbons (Fsp3) is 0.143. The van der Waals surface area contributed by atoms with Crippen LogP contribution in [0.3, 0.4) is 0 Å². The summed E-state index contributed by atoms with van der Waals surface area (Å²) in [5.74, 6) is 1.35. The number of nitrogens with zero attached hydrogens (tertiary/aromatic N) is 2. The topological polar surface area (TPSA) is 49.8 Å². The summed E-state index contributed by atoms with van der Waals surface area (Å²) in [7, 11) is 0. The van der Waals surface area contributed by atoms with Gasteiger partial charge in [-0.25, -0.2) is 4.98 Å². The Kier molecular flexibility index (Phi) is 5.42. The smallest absolute Gasteiger partial charge is 0.225 e. The summed E-state index contributed by atoms with van der Waals surface area (Å²) in [6.45, 7) is 6.50. The largest absolute Gasteiger partial charge is 0.351 e. The van der Waals surface area contributed by atoms with Crippen molar-refractivity contribution in [2.75, 3.05) is 17.2 Å². The molecule has 0 saturated heterocycles. The molecule has 4 nitrogen and oxygen atoms in total. The third-order valence-electron chi connectivity index (χ3n) is 3.86. The molecule has 2 aromatic carbocycles. The predicted octanol–water partition coefficient (Wildman–Crippen LogP) is 5.05. The molecule has 0 aliphatic rings. The van der Waals surface area contributed by atoms with Crippen molar-refractivity contribution in [2.45, 2.75) is 13.3 Å². The van der Waals surface area contributed by atoms with Gasteiger partial charge in [-0.15, -0.1) is 6.58 Å². The highest BCUT2D eigenvalue weighted by molar-refractivity contribution is 5.68. The van der Waals surface area contributed by atoms with Crippen LogP contribution in [-0.4, -0.2) is 16.5 Å². The Morgan fingerprint density at radius 3 is 2.52 bits per heavy atom. The van der Waals surface area contributed by atoms with Crippen LogP contribution >= 0.6 is 0 Å². The van der Waals surface area contributed by atoms with Gasteiger partial charge in [-0.3, -0.25) is 0 Å². The third kappa shape index (κ3) is 4.23. The summed E-state index contributed by atoms with van der Waals surface area (Å²) >= 11 is 0.